The molecule has 9 heteroatoms. The Bertz CT molecular complexity index is 268. The van der Waals surface area contributed by atoms with Crippen LogP contribution in [0.2, 0.25) is 0 Å². The first kappa shape index (κ1) is 15.0. The summed E-state index contributed by atoms with van der Waals surface area (Å²) in [5.74, 6) is -15.3. The summed E-state index contributed by atoms with van der Waals surface area (Å²) in [6, 6.07) is 0. The van der Waals surface area contributed by atoms with Crippen LogP contribution in [0.15, 0.2) is 0 Å². The van der Waals surface area contributed by atoms with Crippen LogP contribution in [0.3, 0.4) is 0 Å². The number of rotatable bonds is 3. The Morgan fingerprint density at radius 2 is 1.38 bits per heavy atom. The molecule has 0 aromatic heterocycles. The van der Waals surface area contributed by atoms with E-state index in [1.54, 1.807) is 0 Å². The van der Waals surface area contributed by atoms with Gasteiger partial charge in [0, 0.05) is 0 Å². The van der Waals surface area contributed by atoms with Crippen molar-refractivity contribution in [3.05, 3.63) is 0 Å². The number of hydrogen-bond donors (Lipinski definition) is 0. The highest BCUT2D eigenvalue weighted by molar-refractivity contribution is 5.79. The van der Waals surface area contributed by atoms with Crippen molar-refractivity contribution in [3.8, 4) is 0 Å². The second kappa shape index (κ2) is 4.10. The minimum atomic E-state index is -6.54. The summed E-state index contributed by atoms with van der Waals surface area (Å²) in [6.07, 6.45) is -7.77. The molecule has 0 aliphatic carbocycles. The van der Waals surface area contributed by atoms with Crippen molar-refractivity contribution in [2.45, 2.75) is 38.0 Å². The van der Waals surface area contributed by atoms with E-state index in [-0.39, 0.29) is 0 Å². The molecular weight excluding hydrogens is 249 g/mol. The smallest absolute Gasteiger partial charge is 0.458 e. The number of hydrogen-bond acceptors (Lipinski definition) is 2. The summed E-state index contributed by atoms with van der Waals surface area (Å²) in [6.45, 7) is 2.05. The molecule has 0 fully saturated rings. The second-order valence-corrected chi connectivity index (χ2v) is 3.10. The first-order chi connectivity index (χ1) is 6.84. The first-order valence-corrected chi connectivity index (χ1v) is 3.87. The summed E-state index contributed by atoms with van der Waals surface area (Å²) in [5.41, 5.74) is 0. The molecule has 0 saturated carbocycles. The zero-order valence-electron chi connectivity index (χ0n) is 8.04. The lowest BCUT2D eigenvalue weighted by molar-refractivity contribution is -0.348. The molecule has 0 aromatic rings. The van der Waals surface area contributed by atoms with Crippen LogP contribution < -0.4 is 0 Å². The molecule has 0 amide bonds. The zero-order chi connectivity index (χ0) is 13.4. The third-order valence-corrected chi connectivity index (χ3v) is 1.35. The van der Waals surface area contributed by atoms with Gasteiger partial charge in [-0.1, -0.05) is 0 Å². The molecule has 0 rings (SSSR count). The van der Waals surface area contributed by atoms with Crippen molar-refractivity contribution in [1.82, 2.24) is 0 Å². The minimum absolute atomic E-state index is 1.03. The van der Waals surface area contributed by atoms with Gasteiger partial charge >= 0.3 is 24.0 Å². The maximum absolute atomic E-state index is 12.5. The number of halogens is 7. The van der Waals surface area contributed by atoms with Crippen molar-refractivity contribution in [1.29, 1.82) is 0 Å². The van der Waals surface area contributed by atoms with Gasteiger partial charge in [0.1, 0.15) is 0 Å². The highest BCUT2D eigenvalue weighted by atomic mass is 19.4. The molecule has 2 nitrogen and oxygen atoms in total. The molecule has 0 bridgehead atoms. The van der Waals surface area contributed by atoms with E-state index in [4.69, 9.17) is 0 Å². The molecule has 0 atom stereocenters. The highest BCUT2D eigenvalue weighted by Gasteiger charge is 2.77. The van der Waals surface area contributed by atoms with Gasteiger partial charge in [-0.25, -0.2) is 4.79 Å². The summed E-state index contributed by atoms with van der Waals surface area (Å²) in [4.78, 5) is 10.4. The molecule has 96 valence electrons. The Morgan fingerprint density at radius 3 is 1.62 bits per heavy atom. The second-order valence-electron chi connectivity index (χ2n) is 3.10. The number of alkyl halides is 7. The Kier molecular flexibility index (Phi) is 3.83. The zero-order valence-corrected chi connectivity index (χ0v) is 8.04. The predicted molar refractivity (Wildman–Crippen MR) is 37.2 cm³/mol. The van der Waals surface area contributed by atoms with E-state index >= 15 is 0 Å². The fourth-order valence-corrected chi connectivity index (χ4v) is 0.594. The molecule has 0 radical (unpaired) electrons. The predicted octanol–water partition coefficient (Wildman–Crippen LogP) is 2.77. The van der Waals surface area contributed by atoms with Gasteiger partial charge in [0.15, 0.2) is 0 Å². The lowest BCUT2D eigenvalue weighted by atomic mass is 10.1. The summed E-state index contributed by atoms with van der Waals surface area (Å²) < 4.78 is 87.9. The monoisotopic (exact) mass is 256 g/mol. The van der Waals surface area contributed by atoms with Gasteiger partial charge in [0.25, 0.3) is 0 Å². The van der Waals surface area contributed by atoms with Crippen LogP contribution in [0.4, 0.5) is 30.7 Å². The van der Waals surface area contributed by atoms with Crippen LogP contribution in [0.25, 0.3) is 0 Å². The van der Waals surface area contributed by atoms with Gasteiger partial charge < -0.3 is 4.74 Å². The average molecular weight is 256 g/mol. The molecule has 0 aliphatic rings. The molecule has 0 saturated heterocycles. The average Bonchev–Trinajstić information content (AvgIpc) is 2.00. The summed E-state index contributed by atoms with van der Waals surface area (Å²) >= 11 is 0. The van der Waals surface area contributed by atoms with E-state index in [9.17, 15) is 35.5 Å². The van der Waals surface area contributed by atoms with E-state index in [2.05, 4.69) is 4.74 Å². The molecular formula is C7H7F7O2. The first-order valence-electron chi connectivity index (χ1n) is 3.87. The Balaban J connectivity index is 5.12. The third kappa shape index (κ3) is 2.56. The standard InChI is InChI=1S/C7H7F7O2/c1-3(2)16-4(15)5(8,9)6(10,11)7(12,13)14/h3H,1-2H3. The van der Waals surface area contributed by atoms with E-state index < -0.39 is 30.1 Å². The minimum Gasteiger partial charge on any atom is -0.458 e. The van der Waals surface area contributed by atoms with Gasteiger partial charge in [-0.2, -0.15) is 30.7 Å². The number of carbonyl (C=O) groups is 1. The lowest BCUT2D eigenvalue weighted by Crippen LogP contribution is -2.57. The van der Waals surface area contributed by atoms with Gasteiger partial charge in [0.05, 0.1) is 6.10 Å². The molecule has 0 spiro atoms. The van der Waals surface area contributed by atoms with Crippen molar-refractivity contribution in [2.75, 3.05) is 0 Å². The molecule has 0 heterocycles. The van der Waals surface area contributed by atoms with Gasteiger partial charge in [-0.3, -0.25) is 0 Å². The number of ether oxygens (including phenoxy) is 1. The van der Waals surface area contributed by atoms with Crippen molar-refractivity contribution in [2.24, 2.45) is 0 Å². The highest BCUT2D eigenvalue weighted by Crippen LogP contribution is 2.47. The fraction of sp³-hybridized carbons (Fsp3) is 0.857. The van der Waals surface area contributed by atoms with Gasteiger partial charge in [-0.15, -0.1) is 0 Å². The summed E-state index contributed by atoms with van der Waals surface area (Å²) in [5, 5.41) is 0. The Labute approximate surface area is 85.4 Å². The van der Waals surface area contributed by atoms with E-state index in [0.717, 1.165) is 13.8 Å². The van der Waals surface area contributed by atoms with Crippen molar-refractivity contribution >= 4 is 5.97 Å². The normalized spacial score (nSPS) is 14.1. The van der Waals surface area contributed by atoms with E-state index in [1.165, 1.54) is 0 Å². The molecule has 0 unspecified atom stereocenters. The summed E-state index contributed by atoms with van der Waals surface area (Å²) in [7, 11) is 0. The Morgan fingerprint density at radius 1 is 1.00 bits per heavy atom. The van der Waals surface area contributed by atoms with Gasteiger partial charge in [-0.05, 0) is 13.8 Å². The van der Waals surface area contributed by atoms with Crippen LogP contribution in [0.5, 0.6) is 0 Å². The number of esters is 1. The van der Waals surface area contributed by atoms with Crippen LogP contribution in [0.1, 0.15) is 13.8 Å². The largest absolute Gasteiger partial charge is 0.460 e. The quantitative estimate of drug-likeness (QED) is 0.573. The van der Waals surface area contributed by atoms with Crippen LogP contribution in [-0.4, -0.2) is 30.1 Å². The molecule has 0 aliphatic heterocycles. The maximum Gasteiger partial charge on any atom is 0.460 e. The Hall–Kier alpha value is -1.02. The lowest BCUT2D eigenvalue weighted by Gasteiger charge is -2.26. The van der Waals surface area contributed by atoms with Gasteiger partial charge in [0.2, 0.25) is 0 Å². The van der Waals surface area contributed by atoms with Crippen LogP contribution >= 0.6 is 0 Å². The molecule has 16 heavy (non-hydrogen) atoms. The molecule has 0 aromatic carbocycles. The van der Waals surface area contributed by atoms with Crippen molar-refractivity contribution < 1.29 is 40.3 Å². The topological polar surface area (TPSA) is 26.3 Å². The van der Waals surface area contributed by atoms with E-state index in [1.807, 2.05) is 0 Å². The fourth-order valence-electron chi connectivity index (χ4n) is 0.594. The molecule has 0 N–H and O–H groups in total. The maximum atomic E-state index is 12.5. The van der Waals surface area contributed by atoms with E-state index in [0.29, 0.717) is 0 Å². The van der Waals surface area contributed by atoms with Crippen LogP contribution in [-0.2, 0) is 9.53 Å². The third-order valence-electron chi connectivity index (χ3n) is 1.35. The number of carbonyl (C=O) groups excluding carboxylic acids is 1. The SMILES string of the molecule is CC(C)OC(=O)C(F)(F)C(F)(F)C(F)(F)F. The van der Waals surface area contributed by atoms with Crippen LogP contribution in [0, 0.1) is 0 Å². The van der Waals surface area contributed by atoms with Crippen molar-refractivity contribution in [3.63, 3.8) is 0 Å².